The highest BCUT2D eigenvalue weighted by atomic mass is 32.1. The molecule has 2 rings (SSSR count). The zero-order valence-electron chi connectivity index (χ0n) is 8.42. The lowest BCUT2D eigenvalue weighted by Gasteiger charge is -2.52. The fourth-order valence-corrected chi connectivity index (χ4v) is 3.14. The van der Waals surface area contributed by atoms with Crippen LogP contribution in [0.2, 0.25) is 0 Å². The summed E-state index contributed by atoms with van der Waals surface area (Å²) in [5, 5.41) is 10.4. The van der Waals surface area contributed by atoms with Crippen LogP contribution in [0.1, 0.15) is 36.4 Å². The number of aryl methyl sites for hydroxylation is 1. The van der Waals surface area contributed by atoms with Crippen LogP contribution in [0, 0.1) is 12.3 Å². The molecule has 0 saturated heterocycles. The SMILES string of the molecule is Cc1ccc(C2(O)CCC2(C)C)s1. The van der Waals surface area contributed by atoms with Gasteiger partial charge in [0.2, 0.25) is 0 Å². The van der Waals surface area contributed by atoms with Crippen molar-refractivity contribution >= 4 is 11.3 Å². The third kappa shape index (κ3) is 1.16. The zero-order chi connectivity index (χ0) is 9.69. The van der Waals surface area contributed by atoms with Gasteiger partial charge in [0, 0.05) is 9.75 Å². The first-order chi connectivity index (χ1) is 5.96. The van der Waals surface area contributed by atoms with E-state index in [-0.39, 0.29) is 5.41 Å². The van der Waals surface area contributed by atoms with Crippen LogP contribution in [0.4, 0.5) is 0 Å². The summed E-state index contributed by atoms with van der Waals surface area (Å²) in [5.74, 6) is 0. The zero-order valence-corrected chi connectivity index (χ0v) is 9.24. The summed E-state index contributed by atoms with van der Waals surface area (Å²) in [6.45, 7) is 6.38. The summed E-state index contributed by atoms with van der Waals surface area (Å²) in [5.41, 5.74) is -0.490. The highest BCUT2D eigenvalue weighted by molar-refractivity contribution is 7.12. The third-order valence-electron chi connectivity index (χ3n) is 3.38. The number of hydrogen-bond donors (Lipinski definition) is 1. The summed E-state index contributed by atoms with van der Waals surface area (Å²) < 4.78 is 0. The molecule has 0 aliphatic heterocycles. The van der Waals surface area contributed by atoms with Crippen molar-refractivity contribution in [2.24, 2.45) is 5.41 Å². The smallest absolute Gasteiger partial charge is 0.104 e. The molecule has 0 radical (unpaired) electrons. The molecular formula is C11H16OS. The molecule has 1 aromatic rings. The average molecular weight is 196 g/mol. The second-order valence-corrected chi connectivity index (χ2v) is 5.94. The Hall–Kier alpha value is -0.340. The molecular weight excluding hydrogens is 180 g/mol. The lowest BCUT2D eigenvalue weighted by molar-refractivity contribution is -0.153. The van der Waals surface area contributed by atoms with Gasteiger partial charge in [0.15, 0.2) is 0 Å². The van der Waals surface area contributed by atoms with Crippen LogP contribution in [0.15, 0.2) is 12.1 Å². The maximum Gasteiger partial charge on any atom is 0.104 e. The van der Waals surface area contributed by atoms with E-state index < -0.39 is 5.60 Å². The van der Waals surface area contributed by atoms with Crippen molar-refractivity contribution in [3.05, 3.63) is 21.9 Å². The van der Waals surface area contributed by atoms with Crippen LogP contribution >= 0.6 is 11.3 Å². The average Bonchev–Trinajstić information content (AvgIpc) is 2.48. The van der Waals surface area contributed by atoms with Gasteiger partial charge in [0.05, 0.1) is 0 Å². The quantitative estimate of drug-likeness (QED) is 0.732. The summed E-state index contributed by atoms with van der Waals surface area (Å²) >= 11 is 1.72. The fraction of sp³-hybridized carbons (Fsp3) is 0.636. The Morgan fingerprint density at radius 1 is 1.31 bits per heavy atom. The lowest BCUT2D eigenvalue weighted by Crippen LogP contribution is -2.50. The maximum absolute atomic E-state index is 10.4. The first-order valence-corrected chi connectivity index (χ1v) is 5.57. The molecule has 1 heterocycles. The lowest BCUT2D eigenvalue weighted by atomic mass is 9.58. The van der Waals surface area contributed by atoms with Crippen LogP contribution < -0.4 is 0 Å². The number of aliphatic hydroxyl groups is 1. The number of hydrogen-bond acceptors (Lipinski definition) is 2. The Bertz CT molecular complexity index is 327. The Morgan fingerprint density at radius 2 is 2.00 bits per heavy atom. The second kappa shape index (κ2) is 2.58. The van der Waals surface area contributed by atoms with Crippen LogP contribution in [0.3, 0.4) is 0 Å². The third-order valence-corrected chi connectivity index (χ3v) is 4.53. The molecule has 1 saturated carbocycles. The summed E-state index contributed by atoms with van der Waals surface area (Å²) in [4.78, 5) is 2.42. The van der Waals surface area contributed by atoms with E-state index in [0.717, 1.165) is 17.7 Å². The molecule has 1 N–H and O–H groups in total. The van der Waals surface area contributed by atoms with Crippen molar-refractivity contribution in [2.75, 3.05) is 0 Å². The van der Waals surface area contributed by atoms with E-state index in [9.17, 15) is 5.11 Å². The van der Waals surface area contributed by atoms with E-state index in [0.29, 0.717) is 0 Å². The van der Waals surface area contributed by atoms with Gasteiger partial charge in [-0.15, -0.1) is 11.3 Å². The fourth-order valence-electron chi connectivity index (χ4n) is 1.98. The van der Waals surface area contributed by atoms with E-state index >= 15 is 0 Å². The number of thiophene rings is 1. The topological polar surface area (TPSA) is 20.2 Å². The maximum atomic E-state index is 10.4. The van der Waals surface area contributed by atoms with Crippen molar-refractivity contribution in [3.8, 4) is 0 Å². The molecule has 1 fully saturated rings. The van der Waals surface area contributed by atoms with E-state index in [1.54, 1.807) is 11.3 Å². The predicted octanol–water partition coefficient (Wildman–Crippen LogP) is 3.06. The summed E-state index contributed by atoms with van der Waals surface area (Å²) in [6, 6.07) is 4.16. The van der Waals surface area contributed by atoms with E-state index in [2.05, 4.69) is 32.9 Å². The molecule has 1 aliphatic carbocycles. The molecule has 1 aliphatic rings. The van der Waals surface area contributed by atoms with Crippen molar-refractivity contribution in [1.29, 1.82) is 0 Å². The van der Waals surface area contributed by atoms with Crippen LogP contribution in [0.25, 0.3) is 0 Å². The molecule has 1 atom stereocenters. The first kappa shape index (κ1) is 9.22. The normalized spacial score (nSPS) is 31.4. The minimum absolute atomic E-state index is 0.0598. The molecule has 1 unspecified atom stereocenters. The van der Waals surface area contributed by atoms with Crippen LogP contribution in [-0.2, 0) is 5.60 Å². The molecule has 0 spiro atoms. The van der Waals surface area contributed by atoms with Gasteiger partial charge in [-0.3, -0.25) is 0 Å². The monoisotopic (exact) mass is 196 g/mol. The van der Waals surface area contributed by atoms with E-state index in [1.807, 2.05) is 0 Å². The van der Waals surface area contributed by atoms with Gasteiger partial charge < -0.3 is 5.11 Å². The Balaban J connectivity index is 2.36. The standard InChI is InChI=1S/C11H16OS/c1-8-4-5-9(13-8)11(12)7-6-10(11,2)3/h4-5,12H,6-7H2,1-3H3. The Kier molecular flexibility index (Phi) is 1.83. The minimum Gasteiger partial charge on any atom is -0.384 e. The van der Waals surface area contributed by atoms with E-state index in [4.69, 9.17) is 0 Å². The molecule has 0 amide bonds. The Morgan fingerprint density at radius 3 is 2.31 bits per heavy atom. The predicted molar refractivity (Wildman–Crippen MR) is 56.0 cm³/mol. The Labute approximate surface area is 83.4 Å². The molecule has 0 aromatic carbocycles. The molecule has 1 aromatic heterocycles. The van der Waals surface area contributed by atoms with Crippen molar-refractivity contribution in [2.45, 2.75) is 39.2 Å². The summed E-state index contributed by atoms with van der Waals surface area (Å²) in [7, 11) is 0. The molecule has 2 heteroatoms. The van der Waals surface area contributed by atoms with Gasteiger partial charge in [0.25, 0.3) is 0 Å². The van der Waals surface area contributed by atoms with E-state index in [1.165, 1.54) is 4.88 Å². The highest BCUT2D eigenvalue weighted by Gasteiger charge is 2.53. The van der Waals surface area contributed by atoms with Gasteiger partial charge >= 0.3 is 0 Å². The van der Waals surface area contributed by atoms with Crippen LogP contribution in [0.5, 0.6) is 0 Å². The highest BCUT2D eigenvalue weighted by Crippen LogP contribution is 2.56. The molecule has 72 valence electrons. The van der Waals surface area contributed by atoms with Crippen molar-refractivity contribution in [3.63, 3.8) is 0 Å². The number of rotatable bonds is 1. The second-order valence-electron chi connectivity index (χ2n) is 4.65. The van der Waals surface area contributed by atoms with Gasteiger partial charge in [-0.25, -0.2) is 0 Å². The summed E-state index contributed by atoms with van der Waals surface area (Å²) in [6.07, 6.45) is 2.04. The minimum atomic E-state index is -0.550. The molecule has 13 heavy (non-hydrogen) atoms. The van der Waals surface area contributed by atoms with Crippen molar-refractivity contribution in [1.82, 2.24) is 0 Å². The largest absolute Gasteiger partial charge is 0.384 e. The van der Waals surface area contributed by atoms with Gasteiger partial charge in [-0.1, -0.05) is 13.8 Å². The van der Waals surface area contributed by atoms with Gasteiger partial charge in [0.1, 0.15) is 5.60 Å². The van der Waals surface area contributed by atoms with Gasteiger partial charge in [-0.2, -0.15) is 0 Å². The first-order valence-electron chi connectivity index (χ1n) is 4.75. The van der Waals surface area contributed by atoms with Gasteiger partial charge in [-0.05, 0) is 37.3 Å². The molecule has 0 bridgehead atoms. The van der Waals surface area contributed by atoms with Crippen molar-refractivity contribution < 1.29 is 5.11 Å². The molecule has 1 nitrogen and oxygen atoms in total. The van der Waals surface area contributed by atoms with Crippen LogP contribution in [-0.4, -0.2) is 5.11 Å².